The minimum absolute atomic E-state index is 0.0215. The van der Waals surface area contributed by atoms with E-state index in [-0.39, 0.29) is 17.0 Å². The minimum atomic E-state index is -0.502. The molecular formula is C13H13FN2O. The second kappa shape index (κ2) is 3.97. The zero-order chi connectivity index (χ0) is 12.6. The summed E-state index contributed by atoms with van der Waals surface area (Å²) in [5, 5.41) is 9.77. The summed E-state index contributed by atoms with van der Waals surface area (Å²) in [6.07, 6.45) is 0. The van der Waals surface area contributed by atoms with Crippen molar-refractivity contribution in [2.24, 2.45) is 0 Å². The van der Waals surface area contributed by atoms with Gasteiger partial charge in [-0.3, -0.25) is 0 Å². The summed E-state index contributed by atoms with van der Waals surface area (Å²) in [6, 6.07) is 7.55. The summed E-state index contributed by atoms with van der Waals surface area (Å²) in [5.41, 5.74) is 13.2. The number of hydrogen-bond acceptors (Lipinski definition) is 3. The maximum Gasteiger partial charge on any atom is 0.133 e. The number of nitrogen functional groups attached to an aromatic ring is 2. The van der Waals surface area contributed by atoms with Crippen LogP contribution in [0.3, 0.4) is 0 Å². The quantitative estimate of drug-likeness (QED) is 0.662. The van der Waals surface area contributed by atoms with E-state index in [1.54, 1.807) is 12.1 Å². The zero-order valence-corrected chi connectivity index (χ0v) is 9.37. The van der Waals surface area contributed by atoms with Gasteiger partial charge < -0.3 is 16.6 Å². The van der Waals surface area contributed by atoms with E-state index in [2.05, 4.69) is 0 Å². The second-order valence-corrected chi connectivity index (χ2v) is 3.95. The van der Waals surface area contributed by atoms with Crippen molar-refractivity contribution in [3.63, 3.8) is 0 Å². The van der Waals surface area contributed by atoms with Gasteiger partial charge in [0.2, 0.25) is 0 Å². The van der Waals surface area contributed by atoms with Crippen molar-refractivity contribution in [2.75, 3.05) is 11.5 Å². The molecule has 88 valence electrons. The minimum Gasteiger partial charge on any atom is -0.507 e. The molecule has 0 saturated carbocycles. The Hall–Kier alpha value is -2.23. The first-order valence-electron chi connectivity index (χ1n) is 5.14. The molecule has 2 rings (SSSR count). The maximum atomic E-state index is 13.8. The average molecular weight is 232 g/mol. The lowest BCUT2D eigenvalue weighted by molar-refractivity contribution is 0.476. The van der Waals surface area contributed by atoms with E-state index in [0.29, 0.717) is 11.3 Å². The third kappa shape index (κ3) is 1.89. The molecule has 0 unspecified atom stereocenters. The molecule has 4 heteroatoms. The molecule has 0 aliphatic carbocycles. The third-order valence-electron chi connectivity index (χ3n) is 2.65. The van der Waals surface area contributed by atoms with Crippen LogP contribution in [-0.4, -0.2) is 5.11 Å². The largest absolute Gasteiger partial charge is 0.507 e. The Morgan fingerprint density at radius 3 is 2.53 bits per heavy atom. The van der Waals surface area contributed by atoms with Crippen LogP contribution in [0.1, 0.15) is 5.56 Å². The lowest BCUT2D eigenvalue weighted by Gasteiger charge is -2.12. The molecule has 0 aliphatic rings. The van der Waals surface area contributed by atoms with Gasteiger partial charge in [-0.15, -0.1) is 0 Å². The molecule has 0 radical (unpaired) electrons. The summed E-state index contributed by atoms with van der Waals surface area (Å²) in [5.74, 6) is -0.524. The van der Waals surface area contributed by atoms with Gasteiger partial charge in [-0.2, -0.15) is 0 Å². The number of rotatable bonds is 1. The molecule has 0 saturated heterocycles. The molecule has 0 spiro atoms. The number of halogens is 1. The Kier molecular flexibility index (Phi) is 2.63. The van der Waals surface area contributed by atoms with Gasteiger partial charge in [-0.25, -0.2) is 4.39 Å². The van der Waals surface area contributed by atoms with Crippen LogP contribution in [0.5, 0.6) is 5.75 Å². The van der Waals surface area contributed by atoms with Crippen LogP contribution in [-0.2, 0) is 0 Å². The van der Waals surface area contributed by atoms with Crippen molar-refractivity contribution in [1.29, 1.82) is 0 Å². The Morgan fingerprint density at radius 2 is 1.82 bits per heavy atom. The van der Waals surface area contributed by atoms with Gasteiger partial charge in [0.25, 0.3) is 0 Å². The lowest BCUT2D eigenvalue weighted by Crippen LogP contribution is -2.00. The first kappa shape index (κ1) is 11.3. The Balaban J connectivity index is 2.76. The molecule has 3 nitrogen and oxygen atoms in total. The van der Waals surface area contributed by atoms with Gasteiger partial charge in [0.1, 0.15) is 11.6 Å². The number of aryl methyl sites for hydroxylation is 1. The van der Waals surface area contributed by atoms with E-state index in [4.69, 9.17) is 11.5 Å². The van der Waals surface area contributed by atoms with E-state index in [9.17, 15) is 9.50 Å². The normalized spacial score (nSPS) is 10.5. The van der Waals surface area contributed by atoms with Crippen molar-refractivity contribution < 1.29 is 9.50 Å². The molecule has 17 heavy (non-hydrogen) atoms. The fourth-order valence-corrected chi connectivity index (χ4v) is 1.73. The number of hydrogen-bond donors (Lipinski definition) is 3. The third-order valence-corrected chi connectivity index (χ3v) is 2.65. The molecule has 0 heterocycles. The molecule has 0 amide bonds. The van der Waals surface area contributed by atoms with Crippen LogP contribution < -0.4 is 11.5 Å². The fourth-order valence-electron chi connectivity index (χ4n) is 1.73. The summed E-state index contributed by atoms with van der Waals surface area (Å²) >= 11 is 0. The van der Waals surface area contributed by atoms with Gasteiger partial charge in [0.15, 0.2) is 0 Å². The van der Waals surface area contributed by atoms with E-state index in [0.717, 1.165) is 5.56 Å². The number of phenols is 1. The molecule has 5 N–H and O–H groups in total. The highest BCUT2D eigenvalue weighted by Gasteiger charge is 2.15. The van der Waals surface area contributed by atoms with Crippen LogP contribution in [0, 0.1) is 12.7 Å². The van der Waals surface area contributed by atoms with Crippen LogP contribution in [0.15, 0.2) is 30.3 Å². The van der Waals surface area contributed by atoms with Crippen LogP contribution in [0.2, 0.25) is 0 Å². The smallest absolute Gasteiger partial charge is 0.133 e. The van der Waals surface area contributed by atoms with E-state index < -0.39 is 5.82 Å². The Morgan fingerprint density at radius 1 is 1.12 bits per heavy atom. The highest BCUT2D eigenvalue weighted by atomic mass is 19.1. The van der Waals surface area contributed by atoms with Gasteiger partial charge in [0.05, 0.1) is 11.4 Å². The molecule has 0 fully saturated rings. The summed E-state index contributed by atoms with van der Waals surface area (Å²) in [7, 11) is 0. The second-order valence-electron chi connectivity index (χ2n) is 3.95. The standard InChI is InChI=1S/C13H13FN2O/c1-7-2-5-11(17)8(6-7)12-9(14)3-4-10(15)13(12)16/h2-6,17H,15-16H2,1H3. The fraction of sp³-hybridized carbons (Fsp3) is 0.0769. The molecule has 0 bridgehead atoms. The molecule has 0 aromatic heterocycles. The van der Waals surface area contributed by atoms with Crippen molar-refractivity contribution in [1.82, 2.24) is 0 Å². The van der Waals surface area contributed by atoms with Crippen LogP contribution in [0.4, 0.5) is 15.8 Å². The average Bonchev–Trinajstić information content (AvgIpc) is 2.29. The van der Waals surface area contributed by atoms with E-state index in [1.165, 1.54) is 18.2 Å². The van der Waals surface area contributed by atoms with Gasteiger partial charge >= 0.3 is 0 Å². The Labute approximate surface area is 98.5 Å². The predicted molar refractivity (Wildman–Crippen MR) is 67.1 cm³/mol. The molecule has 2 aromatic rings. The lowest BCUT2D eigenvalue weighted by atomic mass is 9.99. The summed E-state index contributed by atoms with van der Waals surface area (Å²) in [6.45, 7) is 1.85. The monoisotopic (exact) mass is 232 g/mol. The van der Waals surface area contributed by atoms with Gasteiger partial charge in [0, 0.05) is 11.1 Å². The van der Waals surface area contributed by atoms with E-state index >= 15 is 0 Å². The molecular weight excluding hydrogens is 219 g/mol. The topological polar surface area (TPSA) is 72.3 Å². The number of phenolic OH excluding ortho intramolecular Hbond substituents is 1. The van der Waals surface area contributed by atoms with Gasteiger partial charge in [-0.1, -0.05) is 11.6 Å². The number of benzene rings is 2. The highest BCUT2D eigenvalue weighted by Crippen LogP contribution is 2.38. The van der Waals surface area contributed by atoms with Crippen molar-refractivity contribution >= 4 is 11.4 Å². The molecule has 2 aromatic carbocycles. The summed E-state index contributed by atoms with van der Waals surface area (Å²) in [4.78, 5) is 0. The van der Waals surface area contributed by atoms with Crippen LogP contribution in [0.25, 0.3) is 11.1 Å². The van der Waals surface area contributed by atoms with Crippen molar-refractivity contribution in [3.05, 3.63) is 41.7 Å². The molecule has 0 aliphatic heterocycles. The van der Waals surface area contributed by atoms with E-state index in [1.807, 2.05) is 6.92 Å². The summed E-state index contributed by atoms with van der Waals surface area (Å²) < 4.78 is 13.8. The number of nitrogens with two attached hydrogens (primary N) is 2. The SMILES string of the molecule is Cc1ccc(O)c(-c2c(F)ccc(N)c2N)c1. The zero-order valence-electron chi connectivity index (χ0n) is 9.37. The van der Waals surface area contributed by atoms with Crippen LogP contribution >= 0.6 is 0 Å². The van der Waals surface area contributed by atoms with Crippen molar-refractivity contribution in [3.8, 4) is 16.9 Å². The van der Waals surface area contributed by atoms with Crippen molar-refractivity contribution in [2.45, 2.75) is 6.92 Å². The number of aromatic hydroxyl groups is 1. The predicted octanol–water partition coefficient (Wildman–Crippen LogP) is 2.67. The first-order chi connectivity index (χ1) is 8.00. The molecule has 0 atom stereocenters. The highest BCUT2D eigenvalue weighted by molar-refractivity contribution is 5.87. The Bertz CT molecular complexity index is 582. The number of anilines is 2. The van der Waals surface area contributed by atoms with Gasteiger partial charge in [-0.05, 0) is 31.2 Å². The first-order valence-corrected chi connectivity index (χ1v) is 5.14. The maximum absolute atomic E-state index is 13.8.